The zero-order chi connectivity index (χ0) is 14.0. The molecule has 0 spiro atoms. The highest BCUT2D eigenvalue weighted by Gasteiger charge is 2.24. The Kier molecular flexibility index (Phi) is 9.70. The minimum Gasteiger partial charge on any atom is -0.396 e. The Hall–Kier alpha value is -0.120. The third kappa shape index (κ3) is 8.90. The first-order valence-electron chi connectivity index (χ1n) is 7.43. The molecule has 0 saturated heterocycles. The molecule has 0 heterocycles. The van der Waals surface area contributed by atoms with E-state index in [1.807, 2.05) is 0 Å². The summed E-state index contributed by atoms with van der Waals surface area (Å²) in [5.74, 6) is 0.711. The van der Waals surface area contributed by atoms with Gasteiger partial charge < -0.3 is 15.3 Å². The van der Waals surface area contributed by atoms with Gasteiger partial charge in [0.1, 0.15) is 0 Å². The summed E-state index contributed by atoms with van der Waals surface area (Å²) in [6, 6.07) is 0. The zero-order valence-electron chi connectivity index (χ0n) is 13.1. The minimum atomic E-state index is 0.292. The van der Waals surface area contributed by atoms with Gasteiger partial charge in [-0.2, -0.15) is 0 Å². The van der Waals surface area contributed by atoms with Crippen LogP contribution in [0.1, 0.15) is 47.0 Å². The van der Waals surface area contributed by atoms with Crippen LogP contribution in [0.5, 0.6) is 0 Å². The Bertz CT molecular complexity index is 197. The van der Waals surface area contributed by atoms with Crippen molar-refractivity contribution in [2.45, 2.75) is 47.0 Å². The Balaban J connectivity index is 4.14. The molecule has 0 aliphatic heterocycles. The molecule has 3 nitrogen and oxygen atoms in total. The highest BCUT2D eigenvalue weighted by molar-refractivity contribution is 4.80. The topological polar surface area (TPSA) is 35.5 Å². The maximum atomic E-state index is 8.88. The maximum Gasteiger partial charge on any atom is 0.0443 e. The lowest BCUT2D eigenvalue weighted by molar-refractivity contribution is 0.161. The van der Waals surface area contributed by atoms with Gasteiger partial charge in [0.25, 0.3) is 0 Å². The molecule has 0 rings (SSSR count). The Morgan fingerprint density at radius 1 is 1.33 bits per heavy atom. The molecule has 0 saturated carbocycles. The predicted molar refractivity (Wildman–Crippen MR) is 79.9 cm³/mol. The molecule has 18 heavy (non-hydrogen) atoms. The average Bonchev–Trinajstić information content (AvgIpc) is 2.25. The number of rotatable bonds is 11. The molecule has 0 fully saturated rings. The molecule has 110 valence electrons. The van der Waals surface area contributed by atoms with E-state index in [1.54, 1.807) is 0 Å². The van der Waals surface area contributed by atoms with E-state index in [4.69, 9.17) is 5.11 Å². The van der Waals surface area contributed by atoms with Crippen molar-refractivity contribution in [2.24, 2.45) is 11.3 Å². The molecule has 0 radical (unpaired) electrons. The lowest BCUT2D eigenvalue weighted by Crippen LogP contribution is -2.42. The van der Waals surface area contributed by atoms with Crippen molar-refractivity contribution in [3.63, 3.8) is 0 Å². The second-order valence-electron chi connectivity index (χ2n) is 6.40. The van der Waals surface area contributed by atoms with E-state index in [-0.39, 0.29) is 0 Å². The van der Waals surface area contributed by atoms with E-state index in [0.29, 0.717) is 17.9 Å². The van der Waals surface area contributed by atoms with Crippen LogP contribution in [0.2, 0.25) is 0 Å². The summed E-state index contributed by atoms with van der Waals surface area (Å²) in [7, 11) is 2.16. The molecule has 0 aromatic heterocycles. The Morgan fingerprint density at radius 2 is 2.00 bits per heavy atom. The van der Waals surface area contributed by atoms with E-state index >= 15 is 0 Å². The van der Waals surface area contributed by atoms with Gasteiger partial charge in [-0.1, -0.05) is 34.1 Å². The van der Waals surface area contributed by atoms with Crippen molar-refractivity contribution in [3.8, 4) is 0 Å². The van der Waals surface area contributed by atoms with Crippen molar-refractivity contribution >= 4 is 0 Å². The van der Waals surface area contributed by atoms with Crippen LogP contribution < -0.4 is 5.32 Å². The first kappa shape index (κ1) is 17.9. The summed E-state index contributed by atoms with van der Waals surface area (Å²) >= 11 is 0. The van der Waals surface area contributed by atoms with Crippen LogP contribution in [0, 0.1) is 11.3 Å². The lowest BCUT2D eigenvalue weighted by Gasteiger charge is -2.34. The average molecular weight is 258 g/mol. The molecule has 0 aliphatic rings. The van der Waals surface area contributed by atoms with E-state index in [2.05, 4.69) is 45.0 Å². The van der Waals surface area contributed by atoms with E-state index in [9.17, 15) is 0 Å². The summed E-state index contributed by atoms with van der Waals surface area (Å²) in [6.07, 6.45) is 3.35. The minimum absolute atomic E-state index is 0.292. The Morgan fingerprint density at radius 3 is 2.50 bits per heavy atom. The molecule has 0 aromatic carbocycles. The molecule has 3 heteroatoms. The van der Waals surface area contributed by atoms with Crippen molar-refractivity contribution in [3.05, 3.63) is 0 Å². The molecule has 2 N–H and O–H groups in total. The number of aliphatic hydroxyl groups is 1. The zero-order valence-corrected chi connectivity index (χ0v) is 13.1. The standard InChI is InChI=1S/C15H34N2O/c1-6-8-15(4,12-16-11-14(2)3)13-17(5)9-7-10-18/h14,16,18H,6-13H2,1-5H3. The van der Waals surface area contributed by atoms with E-state index in [0.717, 1.165) is 32.6 Å². The first-order valence-corrected chi connectivity index (χ1v) is 7.43. The van der Waals surface area contributed by atoms with Crippen molar-refractivity contribution < 1.29 is 5.11 Å². The molecule has 1 atom stereocenters. The highest BCUT2D eigenvalue weighted by Crippen LogP contribution is 2.23. The van der Waals surface area contributed by atoms with Crippen LogP contribution in [-0.2, 0) is 0 Å². The smallest absolute Gasteiger partial charge is 0.0443 e. The van der Waals surface area contributed by atoms with Gasteiger partial charge in [-0.05, 0) is 37.8 Å². The predicted octanol–water partition coefficient (Wildman–Crippen LogP) is 2.35. The quantitative estimate of drug-likeness (QED) is 0.597. The van der Waals surface area contributed by atoms with Gasteiger partial charge in [0.05, 0.1) is 0 Å². The van der Waals surface area contributed by atoms with Crippen molar-refractivity contribution in [1.82, 2.24) is 10.2 Å². The molecule has 0 aliphatic carbocycles. The normalized spacial score (nSPS) is 15.3. The van der Waals surface area contributed by atoms with Crippen LogP contribution in [0.15, 0.2) is 0 Å². The lowest BCUT2D eigenvalue weighted by atomic mass is 9.84. The Labute approximate surface area is 114 Å². The molecular weight excluding hydrogens is 224 g/mol. The first-order chi connectivity index (χ1) is 8.43. The highest BCUT2D eigenvalue weighted by atomic mass is 16.3. The van der Waals surface area contributed by atoms with Crippen molar-refractivity contribution in [2.75, 3.05) is 39.8 Å². The summed E-state index contributed by atoms with van der Waals surface area (Å²) in [5, 5.41) is 12.5. The van der Waals surface area contributed by atoms with Crippen LogP contribution >= 0.6 is 0 Å². The van der Waals surface area contributed by atoms with Crippen LogP contribution in [0.25, 0.3) is 0 Å². The van der Waals surface area contributed by atoms with Crippen LogP contribution in [0.4, 0.5) is 0 Å². The maximum absolute atomic E-state index is 8.88. The molecule has 0 amide bonds. The number of hydrogen-bond donors (Lipinski definition) is 2. The SMILES string of the molecule is CCCC(C)(CNCC(C)C)CN(C)CCCO. The van der Waals surface area contributed by atoms with Gasteiger partial charge >= 0.3 is 0 Å². The fourth-order valence-electron chi connectivity index (χ4n) is 2.56. The number of hydrogen-bond acceptors (Lipinski definition) is 3. The van der Waals surface area contributed by atoms with Gasteiger partial charge in [0.15, 0.2) is 0 Å². The van der Waals surface area contributed by atoms with Gasteiger partial charge in [-0.3, -0.25) is 0 Å². The molecule has 1 unspecified atom stereocenters. The van der Waals surface area contributed by atoms with Crippen LogP contribution in [0.3, 0.4) is 0 Å². The van der Waals surface area contributed by atoms with Crippen molar-refractivity contribution in [1.29, 1.82) is 0 Å². The third-order valence-corrected chi connectivity index (χ3v) is 3.31. The summed E-state index contributed by atoms with van der Waals surface area (Å²) in [4.78, 5) is 2.35. The van der Waals surface area contributed by atoms with Gasteiger partial charge in [0.2, 0.25) is 0 Å². The van der Waals surface area contributed by atoms with Crippen LogP contribution in [-0.4, -0.2) is 49.8 Å². The summed E-state index contributed by atoms with van der Waals surface area (Å²) in [6.45, 7) is 13.7. The fourth-order valence-corrected chi connectivity index (χ4v) is 2.56. The summed E-state index contributed by atoms with van der Waals surface area (Å²) < 4.78 is 0. The monoisotopic (exact) mass is 258 g/mol. The number of nitrogens with zero attached hydrogens (tertiary/aromatic N) is 1. The second-order valence-corrected chi connectivity index (χ2v) is 6.40. The fraction of sp³-hybridized carbons (Fsp3) is 1.00. The molecule has 0 aromatic rings. The largest absolute Gasteiger partial charge is 0.396 e. The van der Waals surface area contributed by atoms with Gasteiger partial charge in [0, 0.05) is 26.2 Å². The van der Waals surface area contributed by atoms with Gasteiger partial charge in [-0.25, -0.2) is 0 Å². The van der Waals surface area contributed by atoms with E-state index < -0.39 is 0 Å². The molecule has 0 bridgehead atoms. The number of nitrogens with one attached hydrogen (secondary N) is 1. The summed E-state index contributed by atoms with van der Waals surface area (Å²) in [5.41, 5.74) is 0.341. The second kappa shape index (κ2) is 9.76. The number of aliphatic hydroxyl groups excluding tert-OH is 1. The van der Waals surface area contributed by atoms with E-state index in [1.165, 1.54) is 12.8 Å². The van der Waals surface area contributed by atoms with Gasteiger partial charge in [-0.15, -0.1) is 0 Å². The third-order valence-electron chi connectivity index (χ3n) is 3.31. The molecular formula is C15H34N2O.